The van der Waals surface area contributed by atoms with Gasteiger partial charge in [-0.05, 0) is 18.2 Å². The molecule has 1 aromatic carbocycles. The number of rotatable bonds is 3. The van der Waals surface area contributed by atoms with Gasteiger partial charge in [-0.1, -0.05) is 0 Å². The van der Waals surface area contributed by atoms with Crippen molar-refractivity contribution in [3.8, 4) is 11.5 Å². The second-order valence-corrected chi connectivity index (χ2v) is 3.17. The van der Waals surface area contributed by atoms with E-state index in [0.29, 0.717) is 0 Å². The molecule has 1 heterocycles. The van der Waals surface area contributed by atoms with E-state index in [0.717, 1.165) is 12.2 Å². The highest BCUT2D eigenvalue weighted by Gasteiger charge is 2.28. The summed E-state index contributed by atoms with van der Waals surface area (Å²) in [5.74, 6) is -0.872. The Labute approximate surface area is 95.0 Å². The third kappa shape index (κ3) is 2.03. The zero-order valence-electron chi connectivity index (χ0n) is 8.45. The van der Waals surface area contributed by atoms with Gasteiger partial charge in [-0.2, -0.15) is 0 Å². The molecule has 1 aliphatic rings. The number of nitrogens with zero attached hydrogens (tertiary/aromatic N) is 1. The molecule has 0 atom stereocenters. The summed E-state index contributed by atoms with van der Waals surface area (Å²) in [6, 6.07) is 2.90. The van der Waals surface area contributed by atoms with Crippen LogP contribution in [0, 0.1) is 10.1 Å². The minimum atomic E-state index is -1.18. The maximum absolute atomic E-state index is 10.9. The molecule has 1 aliphatic heterocycles. The van der Waals surface area contributed by atoms with Crippen LogP contribution in [0.4, 0.5) is 5.69 Å². The van der Waals surface area contributed by atoms with E-state index in [1.165, 1.54) is 12.1 Å². The molecule has 0 saturated carbocycles. The van der Waals surface area contributed by atoms with Crippen LogP contribution in [0.15, 0.2) is 18.2 Å². The highest BCUT2D eigenvalue weighted by Crippen LogP contribution is 2.43. The number of hydrogen-bond acceptors (Lipinski definition) is 5. The van der Waals surface area contributed by atoms with Crippen LogP contribution in [0.5, 0.6) is 11.5 Å². The summed E-state index contributed by atoms with van der Waals surface area (Å²) < 4.78 is 10.00. The van der Waals surface area contributed by atoms with E-state index < -0.39 is 10.9 Å². The first-order chi connectivity index (χ1) is 8.09. The van der Waals surface area contributed by atoms with Crippen LogP contribution < -0.4 is 9.47 Å². The van der Waals surface area contributed by atoms with Gasteiger partial charge < -0.3 is 14.6 Å². The van der Waals surface area contributed by atoms with Crippen molar-refractivity contribution in [2.24, 2.45) is 0 Å². The van der Waals surface area contributed by atoms with Crippen LogP contribution in [0.1, 0.15) is 5.56 Å². The van der Waals surface area contributed by atoms with Crippen LogP contribution in [-0.4, -0.2) is 22.8 Å². The number of carboxylic acid groups (broad SMARTS) is 1. The quantitative estimate of drug-likeness (QED) is 0.485. The molecule has 0 aliphatic carbocycles. The van der Waals surface area contributed by atoms with Crippen molar-refractivity contribution < 1.29 is 24.3 Å². The Bertz CT molecular complexity index is 522. The Balaban J connectivity index is 2.53. The van der Waals surface area contributed by atoms with Crippen molar-refractivity contribution in [2.75, 3.05) is 6.79 Å². The van der Waals surface area contributed by atoms with Gasteiger partial charge in [-0.15, -0.1) is 0 Å². The van der Waals surface area contributed by atoms with Crippen molar-refractivity contribution in [2.45, 2.75) is 0 Å². The molecule has 7 heteroatoms. The van der Waals surface area contributed by atoms with Crippen molar-refractivity contribution in [1.82, 2.24) is 0 Å². The van der Waals surface area contributed by atoms with Gasteiger partial charge in [0.1, 0.15) is 0 Å². The smallest absolute Gasteiger partial charge is 0.328 e. The monoisotopic (exact) mass is 237 g/mol. The minimum Gasteiger partial charge on any atom is -0.478 e. The number of carbonyl (C=O) groups is 1. The number of hydrogen-bond donors (Lipinski definition) is 1. The molecule has 0 bridgehead atoms. The van der Waals surface area contributed by atoms with Gasteiger partial charge in [0.2, 0.25) is 12.5 Å². The predicted octanol–water partition coefficient (Wildman–Crippen LogP) is 1.42. The standard InChI is InChI=1S/C10H7NO6/c12-8(13)4-2-6-1-3-7-10(17-5-16-7)9(6)11(14)15/h1-4H,5H2,(H,12,13)/b4-2+. The van der Waals surface area contributed by atoms with Crippen LogP contribution in [-0.2, 0) is 4.79 Å². The van der Waals surface area contributed by atoms with Gasteiger partial charge in [-0.25, -0.2) is 4.79 Å². The fourth-order valence-corrected chi connectivity index (χ4v) is 1.46. The third-order valence-corrected chi connectivity index (χ3v) is 2.13. The van der Waals surface area contributed by atoms with Crippen molar-refractivity contribution in [3.05, 3.63) is 33.9 Å². The average molecular weight is 237 g/mol. The molecule has 0 unspecified atom stereocenters. The lowest BCUT2D eigenvalue weighted by molar-refractivity contribution is -0.385. The highest BCUT2D eigenvalue weighted by molar-refractivity contribution is 5.87. The van der Waals surface area contributed by atoms with E-state index in [1.54, 1.807) is 0 Å². The summed E-state index contributed by atoms with van der Waals surface area (Å²) in [5.41, 5.74) is -0.140. The number of fused-ring (bicyclic) bond motifs is 1. The first kappa shape index (κ1) is 10.9. The summed E-state index contributed by atoms with van der Waals surface area (Å²) in [6.45, 7) is -0.0811. The van der Waals surface area contributed by atoms with Crippen LogP contribution >= 0.6 is 0 Å². The van der Waals surface area contributed by atoms with Gasteiger partial charge in [0, 0.05) is 6.08 Å². The summed E-state index contributed by atoms with van der Waals surface area (Å²) in [4.78, 5) is 20.7. The van der Waals surface area contributed by atoms with Crippen molar-refractivity contribution in [3.63, 3.8) is 0 Å². The molecule has 0 aromatic heterocycles. The second kappa shape index (κ2) is 4.12. The molecule has 1 aromatic rings. The van der Waals surface area contributed by atoms with Crippen molar-refractivity contribution in [1.29, 1.82) is 0 Å². The summed E-state index contributed by atoms with van der Waals surface area (Å²) in [5, 5.41) is 19.4. The topological polar surface area (TPSA) is 98.9 Å². The Morgan fingerprint density at radius 1 is 1.47 bits per heavy atom. The molecule has 0 radical (unpaired) electrons. The lowest BCUT2D eigenvalue weighted by Crippen LogP contribution is -1.96. The Kier molecular flexibility index (Phi) is 2.65. The normalized spacial score (nSPS) is 12.9. The van der Waals surface area contributed by atoms with E-state index in [4.69, 9.17) is 14.6 Å². The fraction of sp³-hybridized carbons (Fsp3) is 0.100. The fourth-order valence-electron chi connectivity index (χ4n) is 1.46. The van der Waals surface area contributed by atoms with Gasteiger partial charge in [0.15, 0.2) is 5.75 Å². The van der Waals surface area contributed by atoms with E-state index in [9.17, 15) is 14.9 Å². The zero-order valence-corrected chi connectivity index (χ0v) is 8.45. The number of nitro benzene ring substituents is 1. The predicted molar refractivity (Wildman–Crippen MR) is 55.9 cm³/mol. The Morgan fingerprint density at radius 2 is 2.24 bits per heavy atom. The lowest BCUT2D eigenvalue weighted by Gasteiger charge is -2.01. The molecule has 0 spiro atoms. The molecule has 1 N–H and O–H groups in total. The highest BCUT2D eigenvalue weighted by atomic mass is 16.7. The van der Waals surface area contributed by atoms with Gasteiger partial charge in [-0.3, -0.25) is 10.1 Å². The number of aliphatic carboxylic acids is 1. The molecule has 88 valence electrons. The maximum Gasteiger partial charge on any atom is 0.328 e. The molecule has 2 rings (SSSR count). The maximum atomic E-state index is 10.9. The van der Waals surface area contributed by atoms with Crippen LogP contribution in [0.25, 0.3) is 6.08 Å². The van der Waals surface area contributed by atoms with E-state index in [2.05, 4.69) is 0 Å². The first-order valence-corrected chi connectivity index (χ1v) is 4.57. The van der Waals surface area contributed by atoms with E-state index >= 15 is 0 Å². The van der Waals surface area contributed by atoms with Crippen molar-refractivity contribution >= 4 is 17.7 Å². The SMILES string of the molecule is O=C(O)/C=C/c1ccc2c(c1[N+](=O)[O-])OCO2. The lowest BCUT2D eigenvalue weighted by atomic mass is 10.1. The third-order valence-electron chi connectivity index (χ3n) is 2.13. The minimum absolute atomic E-state index is 0.0301. The molecule has 0 amide bonds. The molecular weight excluding hydrogens is 230 g/mol. The van der Waals surface area contributed by atoms with Gasteiger partial charge >= 0.3 is 11.7 Å². The summed E-state index contributed by atoms with van der Waals surface area (Å²) in [6.07, 6.45) is 1.97. The number of ether oxygens (including phenoxy) is 2. The van der Waals surface area contributed by atoms with Crippen LogP contribution in [0.3, 0.4) is 0 Å². The number of nitro groups is 1. The summed E-state index contributed by atoms with van der Waals surface area (Å²) >= 11 is 0. The number of carboxylic acids is 1. The molecular formula is C10H7NO6. The number of benzene rings is 1. The van der Waals surface area contributed by atoms with E-state index in [1.807, 2.05) is 0 Å². The average Bonchev–Trinajstić information content (AvgIpc) is 2.72. The molecule has 17 heavy (non-hydrogen) atoms. The van der Waals surface area contributed by atoms with Gasteiger partial charge in [0.05, 0.1) is 10.5 Å². The van der Waals surface area contributed by atoms with Gasteiger partial charge in [0.25, 0.3) is 0 Å². The first-order valence-electron chi connectivity index (χ1n) is 4.57. The zero-order chi connectivity index (χ0) is 12.4. The van der Waals surface area contributed by atoms with E-state index in [-0.39, 0.29) is 29.5 Å². The molecule has 0 saturated heterocycles. The largest absolute Gasteiger partial charge is 0.478 e. The summed E-state index contributed by atoms with van der Waals surface area (Å²) in [7, 11) is 0. The molecule has 7 nitrogen and oxygen atoms in total. The Hall–Kier alpha value is -2.57. The Morgan fingerprint density at radius 3 is 2.88 bits per heavy atom. The molecule has 0 fully saturated rings. The second-order valence-electron chi connectivity index (χ2n) is 3.17. The van der Waals surface area contributed by atoms with Crippen LogP contribution in [0.2, 0.25) is 0 Å².